The van der Waals surface area contributed by atoms with Crippen molar-refractivity contribution < 1.29 is 4.74 Å². The number of methoxy groups -OCH3 is 1. The molecular weight excluding hydrogens is 272 g/mol. The summed E-state index contributed by atoms with van der Waals surface area (Å²) >= 11 is 0. The molecule has 0 N–H and O–H groups in total. The Balaban J connectivity index is 2.55. The fourth-order valence-corrected chi connectivity index (χ4v) is 3.09. The molecule has 0 spiro atoms. The van der Waals surface area contributed by atoms with Crippen molar-refractivity contribution >= 4 is 32.9 Å². The van der Waals surface area contributed by atoms with E-state index in [0.29, 0.717) is 0 Å². The summed E-state index contributed by atoms with van der Waals surface area (Å²) in [5, 5.41) is 4.73. The van der Waals surface area contributed by atoms with Crippen LogP contribution in [0, 0.1) is 0 Å². The fraction of sp³-hybridized carbons (Fsp3) is 0.263. The Morgan fingerprint density at radius 2 is 1.18 bits per heavy atom. The number of rotatable bonds is 3. The second kappa shape index (κ2) is 5.41. The summed E-state index contributed by atoms with van der Waals surface area (Å²) < 4.78 is 5.87. The van der Waals surface area contributed by atoms with Crippen LogP contribution in [0.15, 0.2) is 42.5 Å². The maximum Gasteiger partial charge on any atom is 0.138 e. The highest BCUT2D eigenvalue weighted by molar-refractivity contribution is 6.14. The molecule has 3 rings (SSSR count). The van der Waals surface area contributed by atoms with Crippen LogP contribution in [0.25, 0.3) is 21.5 Å². The standard InChI is InChI=1S/C19H22N2O/c1-20(2)15-10-6-8-13-12-14-9-7-11-16(21(3)4)18(14)19(22-5)17(13)15/h6-12H,1-5H3. The molecule has 0 bridgehead atoms. The molecule has 22 heavy (non-hydrogen) atoms. The quantitative estimate of drug-likeness (QED) is 0.675. The molecule has 0 amide bonds. The molecule has 0 aliphatic heterocycles. The van der Waals surface area contributed by atoms with Crippen LogP contribution in [0.2, 0.25) is 0 Å². The van der Waals surface area contributed by atoms with Gasteiger partial charge in [0.15, 0.2) is 0 Å². The van der Waals surface area contributed by atoms with Crippen molar-refractivity contribution in [1.82, 2.24) is 0 Å². The molecule has 0 fully saturated rings. The van der Waals surface area contributed by atoms with Crippen LogP contribution in [-0.2, 0) is 0 Å². The number of benzene rings is 3. The predicted octanol–water partition coefficient (Wildman–Crippen LogP) is 4.13. The van der Waals surface area contributed by atoms with E-state index in [4.69, 9.17) is 4.74 Å². The van der Waals surface area contributed by atoms with Crippen molar-refractivity contribution in [3.05, 3.63) is 42.5 Å². The zero-order valence-corrected chi connectivity index (χ0v) is 13.8. The smallest absolute Gasteiger partial charge is 0.138 e. The lowest BCUT2D eigenvalue weighted by Gasteiger charge is -2.22. The van der Waals surface area contributed by atoms with Crippen molar-refractivity contribution in [2.45, 2.75) is 0 Å². The third kappa shape index (κ3) is 2.13. The average Bonchev–Trinajstić information content (AvgIpc) is 2.50. The Morgan fingerprint density at radius 1 is 0.727 bits per heavy atom. The molecule has 0 saturated heterocycles. The SMILES string of the molecule is COc1c2c(N(C)C)cccc2cc2cccc(N(C)C)c12. The van der Waals surface area contributed by atoms with Gasteiger partial charge >= 0.3 is 0 Å². The van der Waals surface area contributed by atoms with E-state index in [-0.39, 0.29) is 0 Å². The average molecular weight is 294 g/mol. The molecule has 0 atom stereocenters. The van der Waals surface area contributed by atoms with Gasteiger partial charge in [0.2, 0.25) is 0 Å². The van der Waals surface area contributed by atoms with Gasteiger partial charge in [-0.25, -0.2) is 0 Å². The molecule has 0 aromatic heterocycles. The minimum atomic E-state index is 0.945. The first-order chi connectivity index (χ1) is 10.5. The van der Waals surface area contributed by atoms with Crippen molar-refractivity contribution in [3.8, 4) is 5.75 Å². The highest BCUT2D eigenvalue weighted by Gasteiger charge is 2.16. The topological polar surface area (TPSA) is 15.7 Å². The molecule has 3 nitrogen and oxygen atoms in total. The summed E-state index contributed by atoms with van der Waals surface area (Å²) in [5.41, 5.74) is 2.34. The molecule has 0 saturated carbocycles. The van der Waals surface area contributed by atoms with Gasteiger partial charge in [-0.3, -0.25) is 0 Å². The molecule has 114 valence electrons. The fourth-order valence-electron chi connectivity index (χ4n) is 3.09. The summed E-state index contributed by atoms with van der Waals surface area (Å²) in [6.45, 7) is 0. The van der Waals surface area contributed by atoms with Gasteiger partial charge in [-0.2, -0.15) is 0 Å². The van der Waals surface area contributed by atoms with Gasteiger partial charge in [-0.15, -0.1) is 0 Å². The normalized spacial score (nSPS) is 11.0. The first kappa shape index (κ1) is 14.5. The van der Waals surface area contributed by atoms with E-state index in [1.54, 1.807) is 7.11 Å². The Morgan fingerprint density at radius 3 is 1.55 bits per heavy atom. The van der Waals surface area contributed by atoms with Crippen molar-refractivity contribution in [1.29, 1.82) is 0 Å². The number of fused-ring (bicyclic) bond motifs is 2. The van der Waals surface area contributed by atoms with E-state index in [0.717, 1.165) is 16.5 Å². The molecule has 0 aliphatic carbocycles. The lowest BCUT2D eigenvalue weighted by atomic mass is 9.99. The van der Waals surface area contributed by atoms with Crippen LogP contribution in [0.5, 0.6) is 5.75 Å². The van der Waals surface area contributed by atoms with Crippen LogP contribution >= 0.6 is 0 Å². The van der Waals surface area contributed by atoms with Crippen LogP contribution in [0.1, 0.15) is 0 Å². The van der Waals surface area contributed by atoms with Gasteiger partial charge < -0.3 is 14.5 Å². The number of nitrogens with zero attached hydrogens (tertiary/aromatic N) is 2. The molecular formula is C19H22N2O. The van der Waals surface area contributed by atoms with Crippen LogP contribution in [-0.4, -0.2) is 35.3 Å². The largest absolute Gasteiger partial charge is 0.495 e. The Hall–Kier alpha value is -2.42. The van der Waals surface area contributed by atoms with Crippen LogP contribution in [0.4, 0.5) is 11.4 Å². The first-order valence-electron chi connectivity index (χ1n) is 7.41. The zero-order chi connectivity index (χ0) is 15.9. The van der Waals surface area contributed by atoms with E-state index in [1.165, 1.54) is 22.1 Å². The third-order valence-corrected chi connectivity index (χ3v) is 4.08. The number of anilines is 2. The van der Waals surface area contributed by atoms with Gasteiger partial charge in [-0.1, -0.05) is 24.3 Å². The second-order valence-electron chi connectivity index (χ2n) is 5.95. The molecule has 3 heteroatoms. The lowest BCUT2D eigenvalue weighted by Crippen LogP contribution is -2.11. The Kier molecular flexibility index (Phi) is 3.57. The third-order valence-electron chi connectivity index (χ3n) is 4.08. The van der Waals surface area contributed by atoms with E-state index >= 15 is 0 Å². The summed E-state index contributed by atoms with van der Waals surface area (Å²) in [5.74, 6) is 0.945. The maximum atomic E-state index is 5.87. The summed E-state index contributed by atoms with van der Waals surface area (Å²) in [6, 6.07) is 15.0. The van der Waals surface area contributed by atoms with Gasteiger partial charge in [0.05, 0.1) is 7.11 Å². The van der Waals surface area contributed by atoms with Crippen molar-refractivity contribution in [3.63, 3.8) is 0 Å². The second-order valence-corrected chi connectivity index (χ2v) is 5.95. The molecule has 0 heterocycles. The van der Waals surface area contributed by atoms with Gasteiger partial charge in [0.1, 0.15) is 5.75 Å². The lowest BCUT2D eigenvalue weighted by molar-refractivity contribution is 0.424. The predicted molar refractivity (Wildman–Crippen MR) is 96.7 cm³/mol. The highest BCUT2D eigenvalue weighted by Crippen LogP contribution is 2.43. The minimum Gasteiger partial charge on any atom is -0.495 e. The van der Waals surface area contributed by atoms with Gasteiger partial charge in [0, 0.05) is 50.3 Å². The van der Waals surface area contributed by atoms with Crippen molar-refractivity contribution in [2.75, 3.05) is 45.1 Å². The summed E-state index contributed by atoms with van der Waals surface area (Å²) in [6.07, 6.45) is 0. The van der Waals surface area contributed by atoms with Crippen LogP contribution < -0.4 is 14.5 Å². The number of hydrogen-bond acceptors (Lipinski definition) is 3. The van der Waals surface area contributed by atoms with Crippen molar-refractivity contribution in [2.24, 2.45) is 0 Å². The highest BCUT2D eigenvalue weighted by atomic mass is 16.5. The van der Waals surface area contributed by atoms with E-state index in [9.17, 15) is 0 Å². The first-order valence-corrected chi connectivity index (χ1v) is 7.41. The molecule has 0 radical (unpaired) electrons. The van der Waals surface area contributed by atoms with Gasteiger partial charge in [0.25, 0.3) is 0 Å². The zero-order valence-electron chi connectivity index (χ0n) is 13.8. The molecule has 0 unspecified atom stereocenters. The van der Waals surface area contributed by atoms with Crippen LogP contribution in [0.3, 0.4) is 0 Å². The monoisotopic (exact) mass is 294 g/mol. The summed E-state index contributed by atoms with van der Waals surface area (Å²) in [4.78, 5) is 4.27. The Bertz CT molecular complexity index is 772. The molecule has 3 aromatic carbocycles. The Labute approximate surface area is 131 Å². The maximum absolute atomic E-state index is 5.87. The minimum absolute atomic E-state index is 0.945. The summed E-state index contributed by atoms with van der Waals surface area (Å²) in [7, 11) is 10.0. The van der Waals surface area contributed by atoms with Gasteiger partial charge in [-0.05, 0) is 29.0 Å². The molecule has 0 aliphatic rings. The number of ether oxygens (including phenoxy) is 1. The van der Waals surface area contributed by atoms with E-state index in [2.05, 4.69) is 80.5 Å². The van der Waals surface area contributed by atoms with E-state index in [1.807, 2.05) is 0 Å². The van der Waals surface area contributed by atoms with E-state index < -0.39 is 0 Å². The number of hydrogen-bond donors (Lipinski definition) is 0. The molecule has 3 aromatic rings.